The van der Waals surface area contributed by atoms with E-state index in [1.165, 1.54) is 23.1 Å². The van der Waals surface area contributed by atoms with Crippen molar-refractivity contribution in [2.45, 2.75) is 45.3 Å². The summed E-state index contributed by atoms with van der Waals surface area (Å²) < 4.78 is 6.86. The lowest BCUT2D eigenvalue weighted by molar-refractivity contribution is -0.142. The monoisotopic (exact) mass is 383 g/mol. The number of nitrogens with zero attached hydrogens (tertiary/aromatic N) is 4. The minimum Gasteiger partial charge on any atom is -0.466 e. The van der Waals surface area contributed by atoms with Crippen molar-refractivity contribution in [2.24, 2.45) is 0 Å². The summed E-state index contributed by atoms with van der Waals surface area (Å²) in [5, 5.41) is 13.8. The van der Waals surface area contributed by atoms with Crippen LogP contribution in [0.4, 0.5) is 5.13 Å². The van der Waals surface area contributed by atoms with Crippen LogP contribution in [0.5, 0.6) is 0 Å². The molecule has 0 saturated heterocycles. The molecular weight excluding hydrogens is 362 g/mol. The average molecular weight is 383 g/mol. The van der Waals surface area contributed by atoms with Gasteiger partial charge in [-0.2, -0.15) is 0 Å². The first-order valence-corrected chi connectivity index (χ1v) is 9.71. The van der Waals surface area contributed by atoms with Gasteiger partial charge in [-0.05, 0) is 27.7 Å². The number of carbonyl (C=O) groups excluding carboxylic acids is 2. The van der Waals surface area contributed by atoms with Gasteiger partial charge >= 0.3 is 5.97 Å². The molecule has 0 aliphatic carbocycles. The summed E-state index contributed by atoms with van der Waals surface area (Å²) in [4.78, 5) is 27.7. The van der Waals surface area contributed by atoms with E-state index in [-0.39, 0.29) is 30.1 Å². The summed E-state index contributed by atoms with van der Waals surface area (Å²) in [5.41, 5.74) is 0.585. The van der Waals surface area contributed by atoms with E-state index >= 15 is 0 Å². The summed E-state index contributed by atoms with van der Waals surface area (Å²) in [6, 6.07) is 0.227. The van der Waals surface area contributed by atoms with Crippen molar-refractivity contribution in [3.05, 3.63) is 16.9 Å². The Kier molecular flexibility index (Phi) is 6.94. The summed E-state index contributed by atoms with van der Waals surface area (Å²) in [7, 11) is 0. The molecule has 0 unspecified atom stereocenters. The number of hydrogen-bond donors (Lipinski definition) is 1. The quantitative estimate of drug-likeness (QED) is 0.552. The number of aryl methyl sites for hydroxylation is 1. The molecule has 2 aromatic heterocycles. The van der Waals surface area contributed by atoms with E-state index in [9.17, 15) is 9.59 Å². The fourth-order valence-corrected chi connectivity index (χ4v) is 3.77. The highest BCUT2D eigenvalue weighted by atomic mass is 32.2. The Labute approximate surface area is 154 Å². The molecule has 25 heavy (non-hydrogen) atoms. The predicted octanol–water partition coefficient (Wildman–Crippen LogP) is 2.46. The number of anilines is 1. The van der Waals surface area contributed by atoms with Crippen LogP contribution in [0.15, 0.2) is 10.5 Å². The van der Waals surface area contributed by atoms with Gasteiger partial charge in [-0.1, -0.05) is 11.8 Å². The first-order chi connectivity index (χ1) is 11.9. The van der Waals surface area contributed by atoms with Gasteiger partial charge in [-0.25, -0.2) is 4.98 Å². The van der Waals surface area contributed by atoms with Crippen molar-refractivity contribution in [1.29, 1.82) is 0 Å². The number of hydrogen-bond acceptors (Lipinski definition) is 8. The maximum Gasteiger partial charge on any atom is 0.311 e. The molecule has 2 heterocycles. The molecule has 0 aromatic carbocycles. The fraction of sp³-hybridized carbons (Fsp3) is 0.533. The smallest absolute Gasteiger partial charge is 0.311 e. The Bertz CT molecular complexity index is 741. The Balaban J connectivity index is 1.87. The standard InChI is InChI=1S/C15H21N5O3S2/c1-5-23-13(22)6-11-7-24-14(16-11)17-12(21)8-25-15-19-18-10(4)20(15)9(2)3/h7,9H,5-6,8H2,1-4H3,(H,16,17,21). The number of esters is 1. The van der Waals surface area contributed by atoms with Crippen molar-refractivity contribution < 1.29 is 14.3 Å². The number of carbonyl (C=O) groups is 2. The van der Waals surface area contributed by atoms with Gasteiger partial charge in [0, 0.05) is 11.4 Å². The van der Waals surface area contributed by atoms with Crippen LogP contribution in [0.2, 0.25) is 0 Å². The number of nitrogens with one attached hydrogen (secondary N) is 1. The predicted molar refractivity (Wildman–Crippen MR) is 96.9 cm³/mol. The van der Waals surface area contributed by atoms with Crippen molar-refractivity contribution in [2.75, 3.05) is 17.7 Å². The third-order valence-corrected chi connectivity index (χ3v) is 4.86. The van der Waals surface area contributed by atoms with Crippen LogP contribution in [0.1, 0.15) is 38.3 Å². The largest absolute Gasteiger partial charge is 0.466 e. The molecule has 8 nitrogen and oxygen atoms in total. The highest BCUT2D eigenvalue weighted by Gasteiger charge is 2.15. The van der Waals surface area contributed by atoms with E-state index in [1.807, 2.05) is 25.3 Å². The molecule has 0 radical (unpaired) electrons. The van der Waals surface area contributed by atoms with Crippen LogP contribution in [-0.2, 0) is 20.7 Å². The minimum atomic E-state index is -0.329. The van der Waals surface area contributed by atoms with E-state index in [2.05, 4.69) is 20.5 Å². The first-order valence-electron chi connectivity index (χ1n) is 7.84. The highest BCUT2D eigenvalue weighted by molar-refractivity contribution is 7.99. The molecule has 10 heteroatoms. The van der Waals surface area contributed by atoms with Crippen molar-refractivity contribution in [1.82, 2.24) is 19.7 Å². The fourth-order valence-electron chi connectivity index (χ4n) is 2.13. The van der Waals surface area contributed by atoms with E-state index in [0.29, 0.717) is 22.6 Å². The van der Waals surface area contributed by atoms with Crippen LogP contribution in [0.3, 0.4) is 0 Å². The van der Waals surface area contributed by atoms with Crippen LogP contribution in [-0.4, -0.2) is 44.0 Å². The van der Waals surface area contributed by atoms with Gasteiger partial charge in [-0.15, -0.1) is 21.5 Å². The zero-order valence-electron chi connectivity index (χ0n) is 14.6. The summed E-state index contributed by atoms with van der Waals surface area (Å²) in [6.45, 7) is 8.06. The Morgan fingerprint density at radius 2 is 2.16 bits per heavy atom. The first kappa shape index (κ1) is 19.4. The number of aromatic nitrogens is 4. The molecule has 0 saturated carbocycles. The SMILES string of the molecule is CCOC(=O)Cc1csc(NC(=O)CSc2nnc(C)n2C(C)C)n1. The molecule has 0 aliphatic heterocycles. The topological polar surface area (TPSA) is 99.0 Å². The normalized spacial score (nSPS) is 10.9. The third kappa shape index (κ3) is 5.53. The Morgan fingerprint density at radius 3 is 2.84 bits per heavy atom. The lowest BCUT2D eigenvalue weighted by Crippen LogP contribution is -2.15. The number of thiazole rings is 1. The summed E-state index contributed by atoms with van der Waals surface area (Å²) in [6.07, 6.45) is 0.103. The summed E-state index contributed by atoms with van der Waals surface area (Å²) >= 11 is 2.61. The Morgan fingerprint density at radius 1 is 1.40 bits per heavy atom. The molecule has 0 bridgehead atoms. The zero-order valence-corrected chi connectivity index (χ0v) is 16.2. The van der Waals surface area contributed by atoms with E-state index in [4.69, 9.17) is 4.74 Å². The molecule has 1 amide bonds. The van der Waals surface area contributed by atoms with Crippen LogP contribution < -0.4 is 5.32 Å². The molecule has 1 N–H and O–H groups in total. The van der Waals surface area contributed by atoms with E-state index in [1.54, 1.807) is 12.3 Å². The van der Waals surface area contributed by atoms with Gasteiger partial charge in [0.1, 0.15) is 5.82 Å². The third-order valence-electron chi connectivity index (χ3n) is 3.11. The lowest BCUT2D eigenvalue weighted by atomic mass is 10.3. The number of amides is 1. The molecule has 0 spiro atoms. The van der Waals surface area contributed by atoms with Gasteiger partial charge in [0.05, 0.1) is 24.5 Å². The molecule has 136 valence electrons. The maximum absolute atomic E-state index is 12.1. The molecule has 0 fully saturated rings. The van der Waals surface area contributed by atoms with Crippen LogP contribution in [0, 0.1) is 6.92 Å². The number of thioether (sulfide) groups is 1. The van der Waals surface area contributed by atoms with E-state index in [0.717, 1.165) is 5.82 Å². The second kappa shape index (κ2) is 8.95. The molecule has 0 atom stereocenters. The maximum atomic E-state index is 12.1. The zero-order chi connectivity index (χ0) is 18.4. The minimum absolute atomic E-state index is 0.103. The lowest BCUT2D eigenvalue weighted by Gasteiger charge is -2.11. The highest BCUT2D eigenvalue weighted by Crippen LogP contribution is 2.22. The number of ether oxygens (including phenoxy) is 1. The van der Waals surface area contributed by atoms with Gasteiger partial charge in [0.2, 0.25) is 5.91 Å². The van der Waals surface area contributed by atoms with Gasteiger partial charge in [0.15, 0.2) is 10.3 Å². The van der Waals surface area contributed by atoms with Gasteiger partial charge in [0.25, 0.3) is 0 Å². The van der Waals surface area contributed by atoms with Crippen LogP contribution >= 0.6 is 23.1 Å². The Hall–Kier alpha value is -1.94. The van der Waals surface area contributed by atoms with E-state index < -0.39 is 0 Å². The van der Waals surface area contributed by atoms with Crippen molar-refractivity contribution in [3.63, 3.8) is 0 Å². The molecule has 2 rings (SSSR count). The van der Waals surface area contributed by atoms with Crippen LogP contribution in [0.25, 0.3) is 0 Å². The average Bonchev–Trinajstić information content (AvgIpc) is 3.11. The second-order valence-corrected chi connectivity index (χ2v) is 7.26. The van der Waals surface area contributed by atoms with Crippen molar-refractivity contribution >= 4 is 40.1 Å². The molecule has 0 aliphatic rings. The molecular formula is C15H21N5O3S2. The van der Waals surface area contributed by atoms with Crippen molar-refractivity contribution in [3.8, 4) is 0 Å². The molecule has 2 aromatic rings. The van der Waals surface area contributed by atoms with Gasteiger partial charge < -0.3 is 14.6 Å². The second-order valence-electron chi connectivity index (χ2n) is 5.46. The number of rotatable bonds is 8. The van der Waals surface area contributed by atoms with Gasteiger partial charge in [-0.3, -0.25) is 9.59 Å². The summed E-state index contributed by atoms with van der Waals surface area (Å²) in [5.74, 6) is 0.515.